The first kappa shape index (κ1) is 19.1. The molecule has 0 fully saturated rings. The van der Waals surface area contributed by atoms with Crippen LogP contribution in [0.4, 0.5) is 11.5 Å². The first-order valence-corrected chi connectivity index (χ1v) is 8.28. The summed E-state index contributed by atoms with van der Waals surface area (Å²) in [6.45, 7) is 5.06. The Kier molecular flexibility index (Phi) is 6.42. The average Bonchev–Trinajstić information content (AvgIpc) is 3.24. The topological polar surface area (TPSA) is 137 Å². The van der Waals surface area contributed by atoms with E-state index in [-0.39, 0.29) is 36.3 Å². The molecule has 0 saturated heterocycles. The molecule has 0 atom stereocenters. The Bertz CT molecular complexity index is 796. The van der Waals surface area contributed by atoms with Crippen LogP contribution in [-0.2, 0) is 17.9 Å². The molecule has 0 saturated carbocycles. The van der Waals surface area contributed by atoms with Crippen LogP contribution in [0.25, 0.3) is 0 Å². The number of carbonyl (C=O) groups is 2. The van der Waals surface area contributed by atoms with Gasteiger partial charge < -0.3 is 20.7 Å². The van der Waals surface area contributed by atoms with E-state index in [9.17, 15) is 19.7 Å². The highest BCUT2D eigenvalue weighted by atomic mass is 16.6. The van der Waals surface area contributed by atoms with Crippen molar-refractivity contribution in [1.82, 2.24) is 24.9 Å². The molecule has 2 aromatic heterocycles. The fourth-order valence-corrected chi connectivity index (χ4v) is 2.17. The zero-order valence-corrected chi connectivity index (χ0v) is 14.6. The summed E-state index contributed by atoms with van der Waals surface area (Å²) in [7, 11) is 0. The van der Waals surface area contributed by atoms with Gasteiger partial charge >= 0.3 is 5.82 Å². The van der Waals surface area contributed by atoms with Gasteiger partial charge in [0.2, 0.25) is 5.91 Å². The van der Waals surface area contributed by atoms with Crippen molar-refractivity contribution in [2.45, 2.75) is 39.8 Å². The first-order chi connectivity index (χ1) is 12.4. The van der Waals surface area contributed by atoms with E-state index in [1.54, 1.807) is 10.9 Å². The van der Waals surface area contributed by atoms with E-state index >= 15 is 0 Å². The monoisotopic (exact) mass is 363 g/mol. The lowest BCUT2D eigenvalue weighted by Crippen LogP contribution is -2.26. The summed E-state index contributed by atoms with van der Waals surface area (Å²) in [5, 5.41) is 23.9. The predicted octanol–water partition coefficient (Wildman–Crippen LogP) is 1.18. The van der Waals surface area contributed by atoms with Crippen LogP contribution in [0.1, 0.15) is 37.2 Å². The van der Waals surface area contributed by atoms with E-state index in [0.717, 1.165) is 6.42 Å². The molecule has 0 aliphatic carbocycles. The minimum atomic E-state index is -0.600. The van der Waals surface area contributed by atoms with Crippen molar-refractivity contribution in [2.75, 3.05) is 11.9 Å². The van der Waals surface area contributed by atoms with E-state index in [0.29, 0.717) is 18.8 Å². The Morgan fingerprint density at radius 1 is 1.27 bits per heavy atom. The Morgan fingerprint density at radius 2 is 2.04 bits per heavy atom. The summed E-state index contributed by atoms with van der Waals surface area (Å²) in [5.74, 6) is -0.968. The molecule has 0 aliphatic heterocycles. The zero-order valence-electron chi connectivity index (χ0n) is 14.6. The quantitative estimate of drug-likeness (QED) is 0.507. The predicted molar refractivity (Wildman–Crippen MR) is 92.7 cm³/mol. The number of amides is 2. The Balaban J connectivity index is 1.99. The van der Waals surface area contributed by atoms with Crippen molar-refractivity contribution in [3.63, 3.8) is 0 Å². The fourth-order valence-electron chi connectivity index (χ4n) is 2.17. The third-order valence-corrected chi connectivity index (χ3v) is 3.49. The van der Waals surface area contributed by atoms with Gasteiger partial charge in [0.1, 0.15) is 0 Å². The summed E-state index contributed by atoms with van der Waals surface area (Å²) in [5.41, 5.74) is 0.486. The molecule has 0 spiro atoms. The minimum absolute atomic E-state index is 0.0478. The van der Waals surface area contributed by atoms with Gasteiger partial charge in [-0.2, -0.15) is 9.78 Å². The molecule has 0 aromatic carbocycles. The van der Waals surface area contributed by atoms with Gasteiger partial charge in [-0.1, -0.05) is 6.92 Å². The van der Waals surface area contributed by atoms with Crippen LogP contribution in [0.5, 0.6) is 0 Å². The van der Waals surface area contributed by atoms with Crippen LogP contribution in [0, 0.1) is 10.1 Å². The number of aryl methyl sites for hydroxylation is 2. The Morgan fingerprint density at radius 3 is 2.65 bits per heavy atom. The molecule has 11 heteroatoms. The summed E-state index contributed by atoms with van der Waals surface area (Å²) < 4.78 is 2.88. The Hall–Kier alpha value is -3.24. The lowest BCUT2D eigenvalue weighted by molar-refractivity contribution is -0.389. The van der Waals surface area contributed by atoms with Crippen molar-refractivity contribution >= 4 is 23.3 Å². The molecule has 2 heterocycles. The molecule has 11 nitrogen and oxygen atoms in total. The number of nitro groups is 1. The van der Waals surface area contributed by atoms with Gasteiger partial charge in [0.25, 0.3) is 5.91 Å². The molecular weight excluding hydrogens is 342 g/mol. The van der Waals surface area contributed by atoms with Crippen molar-refractivity contribution in [3.8, 4) is 0 Å². The third kappa shape index (κ3) is 4.88. The summed E-state index contributed by atoms with van der Waals surface area (Å²) in [6.07, 6.45) is 3.87. The Labute approximate surface area is 149 Å². The summed E-state index contributed by atoms with van der Waals surface area (Å²) in [6, 6.07) is 1.26. The van der Waals surface area contributed by atoms with Crippen molar-refractivity contribution in [3.05, 3.63) is 34.3 Å². The van der Waals surface area contributed by atoms with Crippen LogP contribution < -0.4 is 10.6 Å². The summed E-state index contributed by atoms with van der Waals surface area (Å²) in [4.78, 5) is 34.3. The van der Waals surface area contributed by atoms with Gasteiger partial charge in [0.05, 0.1) is 29.6 Å². The molecule has 0 bridgehead atoms. The van der Waals surface area contributed by atoms with Gasteiger partial charge in [0, 0.05) is 25.7 Å². The van der Waals surface area contributed by atoms with E-state index in [1.165, 1.54) is 16.9 Å². The molecule has 2 rings (SSSR count). The van der Waals surface area contributed by atoms with E-state index in [1.807, 2.05) is 13.8 Å². The lowest BCUT2D eigenvalue weighted by atomic mass is 10.3. The normalized spacial score (nSPS) is 10.5. The van der Waals surface area contributed by atoms with Gasteiger partial charge in [-0.3, -0.25) is 14.3 Å². The average molecular weight is 363 g/mol. The maximum Gasteiger partial charge on any atom is 0.389 e. The van der Waals surface area contributed by atoms with Crippen LogP contribution in [0.2, 0.25) is 0 Å². The van der Waals surface area contributed by atoms with E-state index in [4.69, 9.17) is 0 Å². The second-order valence-corrected chi connectivity index (χ2v) is 5.50. The molecular formula is C15H21N7O4. The van der Waals surface area contributed by atoms with Crippen LogP contribution in [0.15, 0.2) is 18.5 Å². The second-order valence-electron chi connectivity index (χ2n) is 5.50. The smallest absolute Gasteiger partial charge is 0.358 e. The third-order valence-electron chi connectivity index (χ3n) is 3.49. The SMILES string of the molecule is CCCNC(=O)c1nn(CC)cc1NC(=O)CCn1ccc([N+](=O)[O-])n1. The number of aromatic nitrogens is 4. The van der Waals surface area contributed by atoms with Crippen molar-refractivity contribution in [1.29, 1.82) is 0 Å². The molecule has 140 valence electrons. The first-order valence-electron chi connectivity index (χ1n) is 8.28. The highest BCUT2D eigenvalue weighted by molar-refractivity contribution is 6.02. The largest absolute Gasteiger partial charge is 0.389 e. The lowest BCUT2D eigenvalue weighted by Gasteiger charge is -2.05. The van der Waals surface area contributed by atoms with Crippen LogP contribution in [-0.4, -0.2) is 42.8 Å². The number of rotatable bonds is 9. The van der Waals surface area contributed by atoms with Gasteiger partial charge in [-0.15, -0.1) is 0 Å². The number of nitrogens with one attached hydrogen (secondary N) is 2. The fraction of sp³-hybridized carbons (Fsp3) is 0.467. The maximum absolute atomic E-state index is 12.2. The standard InChI is InChI=1S/C15H21N7O4/c1-3-7-16-15(24)14-11(10-20(4-2)19-14)17-13(23)6-9-21-8-5-12(18-21)22(25)26/h5,8,10H,3-4,6-7,9H2,1-2H3,(H,16,24)(H,17,23). The molecule has 0 aliphatic rings. The highest BCUT2D eigenvalue weighted by Gasteiger charge is 2.18. The number of carbonyl (C=O) groups excluding carboxylic acids is 2. The second kappa shape index (κ2) is 8.74. The van der Waals surface area contributed by atoms with Crippen molar-refractivity contribution < 1.29 is 14.5 Å². The molecule has 0 radical (unpaired) electrons. The highest BCUT2D eigenvalue weighted by Crippen LogP contribution is 2.15. The molecule has 2 aromatic rings. The van der Waals surface area contributed by atoms with Gasteiger partial charge in [0.15, 0.2) is 5.69 Å². The number of nitrogens with zero attached hydrogens (tertiary/aromatic N) is 5. The molecule has 26 heavy (non-hydrogen) atoms. The zero-order chi connectivity index (χ0) is 19.1. The van der Waals surface area contributed by atoms with Gasteiger partial charge in [-0.05, 0) is 18.3 Å². The van der Waals surface area contributed by atoms with Crippen molar-refractivity contribution in [2.24, 2.45) is 0 Å². The van der Waals surface area contributed by atoms with E-state index < -0.39 is 4.92 Å². The van der Waals surface area contributed by atoms with Gasteiger partial charge in [-0.25, -0.2) is 0 Å². The van der Waals surface area contributed by atoms with Crippen LogP contribution in [0.3, 0.4) is 0 Å². The van der Waals surface area contributed by atoms with Crippen LogP contribution >= 0.6 is 0 Å². The number of anilines is 1. The molecule has 2 amide bonds. The maximum atomic E-state index is 12.2. The number of hydrogen-bond acceptors (Lipinski definition) is 6. The molecule has 2 N–H and O–H groups in total. The summed E-state index contributed by atoms with van der Waals surface area (Å²) >= 11 is 0. The molecule has 0 unspecified atom stereocenters. The minimum Gasteiger partial charge on any atom is -0.358 e. The van der Waals surface area contributed by atoms with E-state index in [2.05, 4.69) is 20.8 Å². The number of hydrogen-bond donors (Lipinski definition) is 2.